The van der Waals surface area contributed by atoms with Crippen LogP contribution in [0.15, 0.2) is 18.2 Å². The van der Waals surface area contributed by atoms with Crippen LogP contribution in [0.1, 0.15) is 36.1 Å². The number of halogens is 3. The van der Waals surface area contributed by atoms with Gasteiger partial charge >= 0.3 is 12.1 Å². The topological polar surface area (TPSA) is 55.1 Å². The number of carbonyl (C=O) groups is 1. The van der Waals surface area contributed by atoms with E-state index in [1.807, 2.05) is 0 Å². The number of fused-ring (bicyclic) bond motifs is 1. The van der Waals surface area contributed by atoms with Gasteiger partial charge in [0, 0.05) is 6.04 Å². The molecule has 1 aromatic carbocycles. The average molecular weight is 272 g/mol. The number of hydrogen-bond donors (Lipinski definition) is 1. The molecule has 0 unspecified atom stereocenters. The molecule has 0 aliphatic heterocycles. The second kappa shape index (κ2) is 4.25. The number of benzene rings is 1. The van der Waals surface area contributed by atoms with Crippen molar-refractivity contribution in [2.75, 3.05) is 0 Å². The van der Waals surface area contributed by atoms with Crippen LogP contribution in [-0.4, -0.2) is 20.6 Å². The van der Waals surface area contributed by atoms with Gasteiger partial charge in [0.25, 0.3) is 0 Å². The first kappa shape index (κ1) is 13.4. The molecule has 7 heteroatoms. The zero-order valence-electron chi connectivity index (χ0n) is 10.2. The van der Waals surface area contributed by atoms with Crippen LogP contribution >= 0.6 is 0 Å². The molecule has 102 valence electrons. The summed E-state index contributed by atoms with van der Waals surface area (Å²) >= 11 is 0. The van der Waals surface area contributed by atoms with Gasteiger partial charge in [-0.05, 0) is 26.0 Å². The molecule has 2 rings (SSSR count). The van der Waals surface area contributed by atoms with Gasteiger partial charge in [0.05, 0.1) is 11.1 Å². The Hall–Kier alpha value is -2.05. The van der Waals surface area contributed by atoms with Crippen molar-refractivity contribution in [1.82, 2.24) is 9.55 Å². The molecule has 1 heterocycles. The lowest BCUT2D eigenvalue weighted by molar-refractivity contribution is -0.147. The van der Waals surface area contributed by atoms with Crippen molar-refractivity contribution in [3.8, 4) is 0 Å². The zero-order chi connectivity index (χ0) is 14.4. The minimum absolute atomic E-state index is 0.143. The maximum absolute atomic E-state index is 12.9. The van der Waals surface area contributed by atoms with E-state index in [1.54, 1.807) is 13.8 Å². The number of hydrogen-bond acceptors (Lipinski definition) is 2. The minimum atomic E-state index is -4.63. The molecule has 0 fully saturated rings. The predicted octanol–water partition coefficient (Wildman–Crippen LogP) is 3.33. The number of aromatic nitrogens is 2. The van der Waals surface area contributed by atoms with E-state index >= 15 is 0 Å². The monoisotopic (exact) mass is 272 g/mol. The molecule has 0 saturated carbocycles. The summed E-state index contributed by atoms with van der Waals surface area (Å²) in [6.07, 6.45) is -4.63. The lowest BCUT2D eigenvalue weighted by Crippen LogP contribution is -2.16. The Labute approximate surface area is 106 Å². The number of para-hydroxylation sites is 1. The number of nitrogens with zero attached hydrogens (tertiary/aromatic N) is 2. The van der Waals surface area contributed by atoms with Crippen LogP contribution in [0, 0.1) is 0 Å². The van der Waals surface area contributed by atoms with E-state index in [9.17, 15) is 18.0 Å². The molecule has 0 saturated heterocycles. The van der Waals surface area contributed by atoms with Gasteiger partial charge in [0.2, 0.25) is 5.82 Å². The van der Waals surface area contributed by atoms with E-state index in [0.717, 1.165) is 4.57 Å². The van der Waals surface area contributed by atoms with Gasteiger partial charge in [-0.3, -0.25) is 0 Å². The fraction of sp³-hybridized carbons (Fsp3) is 0.333. The first-order chi connectivity index (χ1) is 8.73. The summed E-state index contributed by atoms with van der Waals surface area (Å²) in [4.78, 5) is 14.5. The molecule has 0 bridgehead atoms. The average Bonchev–Trinajstić information content (AvgIpc) is 2.66. The fourth-order valence-corrected chi connectivity index (χ4v) is 2.01. The molecule has 4 nitrogen and oxygen atoms in total. The van der Waals surface area contributed by atoms with E-state index in [2.05, 4.69) is 4.98 Å². The Morgan fingerprint density at radius 2 is 2.00 bits per heavy atom. The van der Waals surface area contributed by atoms with Crippen LogP contribution in [-0.2, 0) is 6.18 Å². The molecule has 0 amide bonds. The lowest BCUT2D eigenvalue weighted by atomic mass is 10.2. The van der Waals surface area contributed by atoms with E-state index in [0.29, 0.717) is 0 Å². The summed E-state index contributed by atoms with van der Waals surface area (Å²) < 4.78 is 39.8. The molecule has 0 radical (unpaired) electrons. The van der Waals surface area contributed by atoms with Crippen LogP contribution < -0.4 is 0 Å². The molecule has 0 aliphatic carbocycles. The summed E-state index contributed by atoms with van der Waals surface area (Å²) in [7, 11) is 0. The molecule has 0 aliphatic rings. The number of carboxylic acid groups (broad SMARTS) is 1. The van der Waals surface area contributed by atoms with Crippen LogP contribution in [0.3, 0.4) is 0 Å². The third-order valence-corrected chi connectivity index (χ3v) is 2.72. The zero-order valence-corrected chi connectivity index (χ0v) is 10.2. The van der Waals surface area contributed by atoms with Gasteiger partial charge in [-0.1, -0.05) is 6.07 Å². The first-order valence-electron chi connectivity index (χ1n) is 5.55. The second-order valence-corrected chi connectivity index (χ2v) is 4.38. The molecular weight excluding hydrogens is 261 g/mol. The summed E-state index contributed by atoms with van der Waals surface area (Å²) in [5.74, 6) is -2.38. The number of rotatable bonds is 2. The number of alkyl halides is 3. The molecule has 2 aromatic rings. The molecular formula is C12H11F3N2O2. The minimum Gasteiger partial charge on any atom is -0.478 e. The third-order valence-electron chi connectivity index (χ3n) is 2.72. The van der Waals surface area contributed by atoms with Crippen LogP contribution in [0.25, 0.3) is 11.0 Å². The summed E-state index contributed by atoms with van der Waals surface area (Å²) in [5.41, 5.74) is -0.208. The largest absolute Gasteiger partial charge is 0.478 e. The highest BCUT2D eigenvalue weighted by Crippen LogP contribution is 2.34. The third kappa shape index (κ3) is 2.16. The summed E-state index contributed by atoms with van der Waals surface area (Å²) in [6.45, 7) is 3.17. The summed E-state index contributed by atoms with van der Waals surface area (Å²) in [6, 6.07) is 3.60. The van der Waals surface area contributed by atoms with Crippen molar-refractivity contribution in [3.63, 3.8) is 0 Å². The van der Waals surface area contributed by atoms with Crippen LogP contribution in [0.5, 0.6) is 0 Å². The molecule has 1 N–H and O–H groups in total. The van der Waals surface area contributed by atoms with Gasteiger partial charge in [0.15, 0.2) is 0 Å². The van der Waals surface area contributed by atoms with E-state index in [-0.39, 0.29) is 16.6 Å². The maximum atomic E-state index is 12.9. The number of imidazole rings is 1. The molecule has 19 heavy (non-hydrogen) atoms. The van der Waals surface area contributed by atoms with Crippen molar-refractivity contribution in [2.24, 2.45) is 0 Å². The number of aromatic carboxylic acids is 1. The van der Waals surface area contributed by atoms with Crippen LogP contribution in [0.4, 0.5) is 13.2 Å². The molecule has 0 spiro atoms. The quantitative estimate of drug-likeness (QED) is 0.912. The van der Waals surface area contributed by atoms with Crippen molar-refractivity contribution in [2.45, 2.75) is 26.1 Å². The van der Waals surface area contributed by atoms with Crippen molar-refractivity contribution in [3.05, 3.63) is 29.6 Å². The van der Waals surface area contributed by atoms with Gasteiger partial charge in [-0.25, -0.2) is 9.78 Å². The maximum Gasteiger partial charge on any atom is 0.449 e. The Balaban J connectivity index is 2.88. The fourth-order valence-electron chi connectivity index (χ4n) is 2.01. The van der Waals surface area contributed by atoms with E-state index in [4.69, 9.17) is 5.11 Å². The predicted molar refractivity (Wildman–Crippen MR) is 62.1 cm³/mol. The highest BCUT2D eigenvalue weighted by molar-refractivity contribution is 6.01. The SMILES string of the molecule is CC(C)n1c(C(F)(F)F)nc2c(C(=O)O)cccc21. The number of carboxylic acids is 1. The van der Waals surface area contributed by atoms with Gasteiger partial charge in [0.1, 0.15) is 5.52 Å². The van der Waals surface area contributed by atoms with Crippen molar-refractivity contribution < 1.29 is 23.1 Å². The smallest absolute Gasteiger partial charge is 0.449 e. The van der Waals surface area contributed by atoms with Crippen LogP contribution in [0.2, 0.25) is 0 Å². The van der Waals surface area contributed by atoms with Gasteiger partial charge < -0.3 is 9.67 Å². The van der Waals surface area contributed by atoms with Gasteiger partial charge in [-0.15, -0.1) is 0 Å². The second-order valence-electron chi connectivity index (χ2n) is 4.38. The van der Waals surface area contributed by atoms with Gasteiger partial charge in [-0.2, -0.15) is 13.2 Å². The standard InChI is InChI=1S/C12H11F3N2O2/c1-6(2)17-8-5-3-4-7(10(18)19)9(8)16-11(17)12(13,14)15/h3-6H,1-2H3,(H,18,19). The highest BCUT2D eigenvalue weighted by Gasteiger charge is 2.38. The first-order valence-corrected chi connectivity index (χ1v) is 5.55. The van der Waals surface area contributed by atoms with E-state index < -0.39 is 24.0 Å². The Morgan fingerprint density at radius 1 is 1.37 bits per heavy atom. The van der Waals surface area contributed by atoms with Crippen molar-refractivity contribution in [1.29, 1.82) is 0 Å². The Morgan fingerprint density at radius 3 is 2.47 bits per heavy atom. The lowest BCUT2D eigenvalue weighted by Gasteiger charge is -2.14. The molecule has 0 atom stereocenters. The normalized spacial score (nSPS) is 12.3. The Kier molecular flexibility index (Phi) is 3.00. The van der Waals surface area contributed by atoms with E-state index in [1.165, 1.54) is 18.2 Å². The highest BCUT2D eigenvalue weighted by atomic mass is 19.4. The molecule has 1 aromatic heterocycles. The summed E-state index contributed by atoms with van der Waals surface area (Å²) in [5, 5.41) is 8.99. The Bertz CT molecular complexity index is 644. The van der Waals surface area contributed by atoms with Crippen molar-refractivity contribution >= 4 is 17.0 Å².